The van der Waals surface area contributed by atoms with Crippen LogP contribution in [0.3, 0.4) is 0 Å². The first-order valence-electron chi connectivity index (χ1n) is 11.1. The van der Waals surface area contributed by atoms with Gasteiger partial charge in [-0.05, 0) is 84.9 Å². The number of halogens is 2. The van der Waals surface area contributed by atoms with Gasteiger partial charge in [0.05, 0.1) is 15.5 Å². The van der Waals surface area contributed by atoms with Crippen LogP contribution in [0.2, 0.25) is 5.02 Å². The molecule has 0 aliphatic rings. The van der Waals surface area contributed by atoms with Gasteiger partial charge in [-0.2, -0.15) is 0 Å². The smallest absolute Gasteiger partial charge is 0.264 e. The van der Waals surface area contributed by atoms with Crippen LogP contribution in [0.25, 0.3) is 0 Å². The van der Waals surface area contributed by atoms with Gasteiger partial charge in [-0.1, -0.05) is 29.8 Å². The van der Waals surface area contributed by atoms with Crippen molar-refractivity contribution in [2.45, 2.75) is 9.79 Å². The second kappa shape index (κ2) is 11.2. The van der Waals surface area contributed by atoms with Gasteiger partial charge in [0.2, 0.25) is 5.91 Å². The highest BCUT2D eigenvalue weighted by Gasteiger charge is 2.27. The molecular formula is C26H21ClFN3O5S2. The van der Waals surface area contributed by atoms with Crippen LogP contribution in [-0.2, 0) is 24.8 Å². The molecule has 4 aromatic carbocycles. The summed E-state index contributed by atoms with van der Waals surface area (Å²) in [4.78, 5) is 12.6. The molecule has 0 spiro atoms. The summed E-state index contributed by atoms with van der Waals surface area (Å²) < 4.78 is 68.6. The van der Waals surface area contributed by atoms with Crippen LogP contribution < -0.4 is 14.3 Å². The molecule has 4 rings (SSSR count). The molecule has 0 aromatic heterocycles. The molecule has 0 unspecified atom stereocenters. The molecule has 0 fully saturated rings. The standard InChI is InChI=1S/C26H21ClFN3O5S2/c27-19-6-10-22(11-7-19)30-37(33,34)24-16-12-21(13-17-24)29-26(32)18-31(23-4-2-1-3-5-23)38(35,36)25-14-8-20(28)9-15-25/h1-17,30H,18H2,(H,29,32). The van der Waals surface area contributed by atoms with Crippen LogP contribution in [-0.4, -0.2) is 29.3 Å². The molecule has 1 amide bonds. The molecule has 0 saturated carbocycles. The van der Waals surface area contributed by atoms with Crippen molar-refractivity contribution in [1.82, 2.24) is 0 Å². The Kier molecular flexibility index (Phi) is 8.00. The third-order valence-corrected chi connectivity index (χ3v) is 8.72. The van der Waals surface area contributed by atoms with Gasteiger partial charge < -0.3 is 5.32 Å². The van der Waals surface area contributed by atoms with Crippen molar-refractivity contribution in [3.63, 3.8) is 0 Å². The number of anilines is 3. The second-order valence-electron chi connectivity index (χ2n) is 7.99. The lowest BCUT2D eigenvalue weighted by molar-refractivity contribution is -0.114. The Morgan fingerprint density at radius 3 is 1.89 bits per heavy atom. The third-order valence-electron chi connectivity index (χ3n) is 5.28. The van der Waals surface area contributed by atoms with Gasteiger partial charge in [-0.15, -0.1) is 0 Å². The van der Waals surface area contributed by atoms with Crippen LogP contribution >= 0.6 is 11.6 Å². The third kappa shape index (κ3) is 6.49. The molecule has 2 N–H and O–H groups in total. The molecular weight excluding hydrogens is 553 g/mol. The summed E-state index contributed by atoms with van der Waals surface area (Å²) >= 11 is 5.83. The lowest BCUT2D eigenvalue weighted by Crippen LogP contribution is -2.38. The minimum Gasteiger partial charge on any atom is -0.325 e. The Balaban J connectivity index is 1.50. The van der Waals surface area contributed by atoms with E-state index in [1.165, 1.54) is 48.5 Å². The van der Waals surface area contributed by atoms with Gasteiger partial charge in [0.25, 0.3) is 20.0 Å². The quantitative estimate of drug-likeness (QED) is 0.289. The van der Waals surface area contributed by atoms with Gasteiger partial charge in [0.15, 0.2) is 0 Å². The highest BCUT2D eigenvalue weighted by molar-refractivity contribution is 7.93. The Bertz CT molecular complexity index is 1630. The van der Waals surface area contributed by atoms with Gasteiger partial charge >= 0.3 is 0 Å². The van der Waals surface area contributed by atoms with E-state index >= 15 is 0 Å². The van der Waals surface area contributed by atoms with Crippen LogP contribution in [0.5, 0.6) is 0 Å². The summed E-state index contributed by atoms with van der Waals surface area (Å²) in [6.45, 7) is -0.581. The summed E-state index contributed by atoms with van der Waals surface area (Å²) in [6.07, 6.45) is 0. The van der Waals surface area contributed by atoms with Crippen molar-refractivity contribution in [2.75, 3.05) is 20.9 Å². The highest BCUT2D eigenvalue weighted by Crippen LogP contribution is 2.24. The summed E-state index contributed by atoms with van der Waals surface area (Å²) in [5, 5.41) is 3.04. The zero-order valence-corrected chi connectivity index (χ0v) is 22.0. The van der Waals surface area contributed by atoms with Crippen LogP contribution in [0.1, 0.15) is 0 Å². The number of benzene rings is 4. The van der Waals surface area contributed by atoms with Gasteiger partial charge in [0.1, 0.15) is 12.4 Å². The van der Waals surface area contributed by atoms with E-state index in [1.54, 1.807) is 30.3 Å². The Morgan fingerprint density at radius 1 is 0.737 bits per heavy atom. The number of carbonyl (C=O) groups excluding carboxylic acids is 1. The number of sulfonamides is 2. The summed E-state index contributed by atoms with van der Waals surface area (Å²) in [5.74, 6) is -1.27. The van der Waals surface area contributed by atoms with Crippen LogP contribution in [0.4, 0.5) is 21.5 Å². The summed E-state index contributed by atoms with van der Waals surface area (Å²) in [5.41, 5.74) is 0.824. The van der Waals surface area contributed by atoms with E-state index in [-0.39, 0.29) is 21.2 Å². The molecule has 12 heteroatoms. The highest BCUT2D eigenvalue weighted by atomic mass is 35.5. The molecule has 0 bridgehead atoms. The fourth-order valence-corrected chi connectivity index (χ4v) is 6.03. The molecule has 38 heavy (non-hydrogen) atoms. The Labute approximate surface area is 224 Å². The fraction of sp³-hybridized carbons (Fsp3) is 0.0385. The zero-order chi connectivity index (χ0) is 27.3. The number of hydrogen-bond donors (Lipinski definition) is 2. The second-order valence-corrected chi connectivity index (χ2v) is 12.0. The number of amides is 1. The van der Waals surface area contributed by atoms with E-state index in [0.29, 0.717) is 10.7 Å². The Hall–Kier alpha value is -3.93. The minimum atomic E-state index is -4.21. The maximum atomic E-state index is 13.4. The fourth-order valence-electron chi connectivity index (χ4n) is 3.42. The topological polar surface area (TPSA) is 113 Å². The predicted octanol–water partition coefficient (Wildman–Crippen LogP) is 5.11. The maximum absolute atomic E-state index is 13.4. The number of carbonyl (C=O) groups is 1. The molecule has 0 radical (unpaired) electrons. The lowest BCUT2D eigenvalue weighted by atomic mass is 10.3. The first-order valence-corrected chi connectivity index (χ1v) is 14.4. The van der Waals surface area contributed by atoms with Gasteiger partial charge in [-0.25, -0.2) is 21.2 Å². The van der Waals surface area contributed by atoms with Crippen molar-refractivity contribution in [2.24, 2.45) is 0 Å². The average Bonchev–Trinajstić information content (AvgIpc) is 2.89. The van der Waals surface area contributed by atoms with E-state index in [9.17, 15) is 26.0 Å². The van der Waals surface area contributed by atoms with E-state index in [0.717, 1.165) is 28.6 Å². The number of nitrogens with zero attached hydrogens (tertiary/aromatic N) is 1. The number of rotatable bonds is 9. The van der Waals surface area contributed by atoms with Gasteiger partial charge in [-0.3, -0.25) is 13.8 Å². The molecule has 0 saturated heterocycles. The number of para-hydroxylation sites is 1. The summed E-state index contributed by atoms with van der Waals surface area (Å²) in [6, 6.07) is 23.8. The van der Waals surface area contributed by atoms with Crippen LogP contribution in [0, 0.1) is 5.82 Å². The molecule has 8 nitrogen and oxygen atoms in total. The van der Waals surface area contributed by atoms with E-state index in [4.69, 9.17) is 11.6 Å². The SMILES string of the molecule is O=C(CN(c1ccccc1)S(=O)(=O)c1ccc(F)cc1)Nc1ccc(S(=O)(=O)Nc2ccc(Cl)cc2)cc1. The van der Waals surface area contributed by atoms with Crippen molar-refractivity contribution in [3.05, 3.63) is 114 Å². The van der Waals surface area contributed by atoms with E-state index in [2.05, 4.69) is 10.0 Å². The average molecular weight is 574 g/mol. The first-order chi connectivity index (χ1) is 18.0. The molecule has 0 atom stereocenters. The number of nitrogens with one attached hydrogen (secondary N) is 2. The summed E-state index contributed by atoms with van der Waals surface area (Å²) in [7, 11) is -8.11. The largest absolute Gasteiger partial charge is 0.325 e. The molecule has 196 valence electrons. The van der Waals surface area contributed by atoms with E-state index < -0.39 is 38.3 Å². The Morgan fingerprint density at radius 2 is 1.29 bits per heavy atom. The molecule has 0 aliphatic heterocycles. The van der Waals surface area contributed by atoms with Crippen molar-refractivity contribution < 1.29 is 26.0 Å². The zero-order valence-electron chi connectivity index (χ0n) is 19.6. The molecule has 0 aliphatic carbocycles. The maximum Gasteiger partial charge on any atom is 0.264 e. The van der Waals surface area contributed by atoms with Crippen LogP contribution in [0.15, 0.2) is 113 Å². The van der Waals surface area contributed by atoms with E-state index in [1.807, 2.05) is 0 Å². The number of hydrogen-bond acceptors (Lipinski definition) is 5. The van der Waals surface area contributed by atoms with Gasteiger partial charge in [0, 0.05) is 16.4 Å². The van der Waals surface area contributed by atoms with Crippen molar-refractivity contribution in [1.29, 1.82) is 0 Å². The minimum absolute atomic E-state index is 0.0461. The van der Waals surface area contributed by atoms with Crippen molar-refractivity contribution >= 4 is 54.6 Å². The lowest BCUT2D eigenvalue weighted by Gasteiger charge is -2.24. The predicted molar refractivity (Wildman–Crippen MR) is 145 cm³/mol. The first kappa shape index (κ1) is 27.1. The molecule has 4 aromatic rings. The van der Waals surface area contributed by atoms with Crippen molar-refractivity contribution in [3.8, 4) is 0 Å². The molecule has 0 heterocycles. The normalized spacial score (nSPS) is 11.5. The monoisotopic (exact) mass is 573 g/mol.